The number of hydrogen-bond donors (Lipinski definition) is 1. The predicted molar refractivity (Wildman–Crippen MR) is 130 cm³/mol. The van der Waals surface area contributed by atoms with E-state index < -0.39 is 22.8 Å². The highest BCUT2D eigenvalue weighted by molar-refractivity contribution is 7.18. The number of nitro groups is 1. The predicted octanol–water partition coefficient (Wildman–Crippen LogP) is 5.40. The molecule has 0 radical (unpaired) electrons. The highest BCUT2D eigenvalue weighted by Crippen LogP contribution is 2.35. The number of rotatable bonds is 10. The Morgan fingerprint density at radius 3 is 2.61 bits per heavy atom. The van der Waals surface area contributed by atoms with Crippen LogP contribution in [0.2, 0.25) is 5.02 Å². The summed E-state index contributed by atoms with van der Waals surface area (Å²) in [5, 5.41) is 13.8. The summed E-state index contributed by atoms with van der Waals surface area (Å²) in [6.45, 7) is 3.41. The third kappa shape index (κ3) is 6.01. The number of amides is 1. The Morgan fingerprint density at radius 1 is 1.19 bits per heavy atom. The summed E-state index contributed by atoms with van der Waals surface area (Å²) in [5.74, 6) is -1.80. The Hall–Kier alpha value is -3.90. The van der Waals surface area contributed by atoms with Crippen LogP contribution in [-0.2, 0) is 16.1 Å². The molecule has 0 aliphatic carbocycles. The van der Waals surface area contributed by atoms with E-state index in [2.05, 4.69) is 5.32 Å². The van der Waals surface area contributed by atoms with Crippen LogP contribution < -0.4 is 10.1 Å². The summed E-state index contributed by atoms with van der Waals surface area (Å²) in [6.07, 6.45) is 0.596. The molecule has 0 aliphatic rings. The van der Waals surface area contributed by atoms with Gasteiger partial charge in [-0.25, -0.2) is 9.59 Å². The van der Waals surface area contributed by atoms with E-state index in [1.165, 1.54) is 37.4 Å². The number of carbonyl (C=O) groups excluding carboxylic acids is 3. The van der Waals surface area contributed by atoms with Crippen molar-refractivity contribution < 1.29 is 37.9 Å². The second-order valence-electron chi connectivity index (χ2n) is 7.27. The number of carbonyl (C=O) groups is 3. The molecule has 0 saturated heterocycles. The third-order valence-electron chi connectivity index (χ3n) is 4.77. The molecule has 13 heteroatoms. The molecular weight excluding hydrogens is 516 g/mol. The number of esters is 2. The van der Waals surface area contributed by atoms with Gasteiger partial charge in [0.15, 0.2) is 5.76 Å². The molecule has 3 rings (SSSR count). The van der Waals surface area contributed by atoms with Crippen molar-refractivity contribution in [3.05, 3.63) is 73.0 Å². The molecule has 0 atom stereocenters. The van der Waals surface area contributed by atoms with E-state index in [4.69, 9.17) is 30.2 Å². The summed E-state index contributed by atoms with van der Waals surface area (Å²) in [6, 6.07) is 6.63. The molecule has 36 heavy (non-hydrogen) atoms. The smallest absolute Gasteiger partial charge is 0.348 e. The van der Waals surface area contributed by atoms with Gasteiger partial charge in [0.1, 0.15) is 28.0 Å². The first kappa shape index (κ1) is 26.7. The average Bonchev–Trinajstić information content (AvgIpc) is 3.46. The van der Waals surface area contributed by atoms with Crippen molar-refractivity contribution in [2.75, 3.05) is 19.0 Å². The zero-order valence-electron chi connectivity index (χ0n) is 19.4. The first-order chi connectivity index (χ1) is 17.2. The lowest BCUT2D eigenvalue weighted by molar-refractivity contribution is -0.384. The SMILES string of the molecule is CCCOC(=O)c1c(NC(=O)c2ccc(COc3cc([N+](=O)[O-])ccc3Cl)o2)sc(C(=O)OC)c1C. The number of nitro benzene ring substituents is 1. The van der Waals surface area contributed by atoms with Gasteiger partial charge in [0.25, 0.3) is 11.6 Å². The maximum Gasteiger partial charge on any atom is 0.348 e. The van der Waals surface area contributed by atoms with Crippen molar-refractivity contribution in [1.82, 2.24) is 0 Å². The van der Waals surface area contributed by atoms with Gasteiger partial charge in [0, 0.05) is 6.07 Å². The number of benzene rings is 1. The van der Waals surface area contributed by atoms with Gasteiger partial charge in [0.2, 0.25) is 0 Å². The molecule has 1 aromatic carbocycles. The van der Waals surface area contributed by atoms with Gasteiger partial charge >= 0.3 is 11.9 Å². The summed E-state index contributed by atoms with van der Waals surface area (Å²) in [7, 11) is 1.21. The molecule has 0 fully saturated rings. The largest absolute Gasteiger partial charge is 0.484 e. The molecule has 1 amide bonds. The van der Waals surface area contributed by atoms with Crippen molar-refractivity contribution in [1.29, 1.82) is 0 Å². The number of ether oxygens (including phenoxy) is 3. The quantitative estimate of drug-likeness (QED) is 0.204. The molecule has 0 aliphatic heterocycles. The summed E-state index contributed by atoms with van der Waals surface area (Å²) in [5.41, 5.74) is 0.183. The molecule has 2 heterocycles. The highest BCUT2D eigenvalue weighted by Gasteiger charge is 2.28. The minimum Gasteiger partial charge on any atom is -0.484 e. The van der Waals surface area contributed by atoms with E-state index >= 15 is 0 Å². The Morgan fingerprint density at radius 2 is 1.94 bits per heavy atom. The van der Waals surface area contributed by atoms with Crippen molar-refractivity contribution >= 4 is 51.5 Å². The lowest BCUT2D eigenvalue weighted by Gasteiger charge is -2.07. The van der Waals surface area contributed by atoms with Crippen LogP contribution >= 0.6 is 22.9 Å². The van der Waals surface area contributed by atoms with Gasteiger partial charge in [0.05, 0.1) is 35.3 Å². The van der Waals surface area contributed by atoms with E-state index in [0.29, 0.717) is 12.0 Å². The topological polar surface area (TPSA) is 147 Å². The monoisotopic (exact) mass is 536 g/mol. The zero-order chi connectivity index (χ0) is 26.4. The zero-order valence-corrected chi connectivity index (χ0v) is 21.0. The number of nitrogens with one attached hydrogen (secondary N) is 1. The lowest BCUT2D eigenvalue weighted by Crippen LogP contribution is -2.14. The minimum atomic E-state index is -0.683. The Labute approximate surface area is 214 Å². The Bertz CT molecular complexity index is 1310. The maximum absolute atomic E-state index is 12.8. The third-order valence-corrected chi connectivity index (χ3v) is 6.27. The van der Waals surface area contributed by atoms with Crippen LogP contribution in [0.5, 0.6) is 5.75 Å². The molecule has 0 spiro atoms. The number of non-ortho nitro benzene ring substituents is 1. The molecule has 0 saturated carbocycles. The molecule has 0 bridgehead atoms. The van der Waals surface area contributed by atoms with Crippen molar-refractivity contribution in [3.63, 3.8) is 0 Å². The fraction of sp³-hybridized carbons (Fsp3) is 0.261. The van der Waals surface area contributed by atoms with Crippen LogP contribution in [0.3, 0.4) is 0 Å². The van der Waals surface area contributed by atoms with Gasteiger partial charge in [-0.05, 0) is 37.1 Å². The van der Waals surface area contributed by atoms with E-state index in [1.54, 1.807) is 6.92 Å². The van der Waals surface area contributed by atoms with Crippen LogP contribution in [0.4, 0.5) is 10.7 Å². The highest BCUT2D eigenvalue weighted by atomic mass is 35.5. The number of halogens is 1. The molecule has 1 N–H and O–H groups in total. The van der Waals surface area contributed by atoms with Crippen LogP contribution in [0.15, 0.2) is 34.7 Å². The van der Waals surface area contributed by atoms with Crippen LogP contribution in [0.1, 0.15) is 55.3 Å². The fourth-order valence-electron chi connectivity index (χ4n) is 3.01. The molecule has 3 aromatic rings. The number of nitrogens with zero attached hydrogens (tertiary/aromatic N) is 1. The second kappa shape index (κ2) is 11.7. The summed E-state index contributed by atoms with van der Waals surface area (Å²) < 4.78 is 21.0. The molecule has 0 unspecified atom stereocenters. The minimum absolute atomic E-state index is 0.0534. The van der Waals surface area contributed by atoms with Crippen molar-refractivity contribution in [3.8, 4) is 5.75 Å². The van der Waals surface area contributed by atoms with Crippen LogP contribution in [0, 0.1) is 17.0 Å². The van der Waals surface area contributed by atoms with Gasteiger partial charge in [-0.3, -0.25) is 14.9 Å². The van der Waals surface area contributed by atoms with E-state index in [9.17, 15) is 24.5 Å². The maximum atomic E-state index is 12.8. The van der Waals surface area contributed by atoms with Gasteiger partial charge in [-0.15, -0.1) is 11.3 Å². The van der Waals surface area contributed by atoms with Gasteiger partial charge in [-0.1, -0.05) is 18.5 Å². The summed E-state index contributed by atoms with van der Waals surface area (Å²) in [4.78, 5) is 48.0. The fourth-order valence-corrected chi connectivity index (χ4v) is 4.29. The summed E-state index contributed by atoms with van der Waals surface area (Å²) >= 11 is 6.90. The molecule has 2 aromatic heterocycles. The van der Waals surface area contributed by atoms with Gasteiger partial charge < -0.3 is 23.9 Å². The molecule has 11 nitrogen and oxygen atoms in total. The van der Waals surface area contributed by atoms with E-state index in [1.807, 2.05) is 6.92 Å². The first-order valence-electron chi connectivity index (χ1n) is 10.5. The van der Waals surface area contributed by atoms with Crippen molar-refractivity contribution in [2.24, 2.45) is 0 Å². The van der Waals surface area contributed by atoms with Crippen LogP contribution in [0.25, 0.3) is 0 Å². The van der Waals surface area contributed by atoms with Crippen LogP contribution in [-0.4, -0.2) is 36.5 Å². The number of furan rings is 1. The number of thiophene rings is 1. The molecular formula is C23H21ClN2O9S. The van der Waals surface area contributed by atoms with E-state index in [-0.39, 0.29) is 56.6 Å². The molecule has 190 valence electrons. The van der Waals surface area contributed by atoms with Crippen molar-refractivity contribution in [2.45, 2.75) is 26.9 Å². The normalized spacial score (nSPS) is 10.6. The van der Waals surface area contributed by atoms with Gasteiger partial charge in [-0.2, -0.15) is 0 Å². The number of anilines is 1. The Kier molecular flexibility index (Phi) is 8.67. The van der Waals surface area contributed by atoms with E-state index in [0.717, 1.165) is 11.3 Å². The number of methoxy groups -OCH3 is 1. The lowest BCUT2D eigenvalue weighted by atomic mass is 10.1. The average molecular weight is 537 g/mol. The number of hydrogen-bond acceptors (Lipinski definition) is 10. The standard InChI is InChI=1S/C23H21ClN2O9S/c1-4-9-33-22(28)18-12(2)19(23(29)32-3)36-21(18)25-20(27)16-8-6-14(35-16)11-34-17-10-13(26(30)31)5-7-15(17)24/h5-8,10H,4,9,11H2,1-3H3,(H,25,27). The first-order valence-corrected chi connectivity index (χ1v) is 11.7. The Balaban J connectivity index is 1.77. The second-order valence-corrected chi connectivity index (χ2v) is 8.70.